The van der Waals surface area contributed by atoms with Crippen LogP contribution in [-0.2, 0) is 14.9 Å². The quantitative estimate of drug-likeness (QED) is 0.406. The van der Waals surface area contributed by atoms with Crippen LogP contribution >= 0.6 is 15.9 Å². The van der Waals surface area contributed by atoms with Crippen LogP contribution in [0.2, 0.25) is 0 Å². The van der Waals surface area contributed by atoms with Crippen molar-refractivity contribution in [3.8, 4) is 5.75 Å². The monoisotopic (exact) mass is 457 g/mol. The predicted octanol–water partition coefficient (Wildman–Crippen LogP) is 2.41. The van der Waals surface area contributed by atoms with Crippen molar-refractivity contribution in [2.75, 3.05) is 13.3 Å². The van der Waals surface area contributed by atoms with Gasteiger partial charge in [-0.2, -0.15) is 8.42 Å². The molecule has 10 heteroatoms. The number of nitrogens with zero attached hydrogens (tertiary/aromatic N) is 1. The number of hydrogen-bond acceptors (Lipinski definition) is 5. The van der Waals surface area contributed by atoms with E-state index >= 15 is 0 Å². The molecule has 2 rings (SSSR count). The van der Waals surface area contributed by atoms with Gasteiger partial charge >= 0.3 is 10.1 Å². The molecule has 0 saturated carbocycles. The molecular formula is C17H17BrFN3O4S. The Morgan fingerprint density at radius 3 is 2.26 bits per heavy atom. The van der Waals surface area contributed by atoms with Gasteiger partial charge in [-0.25, -0.2) is 4.39 Å². The van der Waals surface area contributed by atoms with Crippen LogP contribution in [0.4, 0.5) is 4.39 Å². The Kier molecular flexibility index (Phi) is 6.22. The first-order valence-electron chi connectivity index (χ1n) is 7.55. The highest BCUT2D eigenvalue weighted by Gasteiger charge is 2.28. The maximum absolute atomic E-state index is 13.6. The van der Waals surface area contributed by atoms with E-state index in [0.29, 0.717) is 11.1 Å². The molecule has 0 aromatic heterocycles. The van der Waals surface area contributed by atoms with Crippen molar-refractivity contribution in [2.24, 2.45) is 5.73 Å². The minimum absolute atomic E-state index is 0.0904. The zero-order chi connectivity index (χ0) is 20.4. The number of hydrogen-bond donors (Lipinski definition) is 2. The van der Waals surface area contributed by atoms with E-state index in [1.165, 1.54) is 49.5 Å². The van der Waals surface area contributed by atoms with E-state index in [4.69, 9.17) is 15.3 Å². The second kappa shape index (κ2) is 8.05. The second-order valence-corrected chi connectivity index (χ2v) is 8.17. The molecule has 27 heavy (non-hydrogen) atoms. The summed E-state index contributed by atoms with van der Waals surface area (Å²) >= 11 is 3.09. The van der Waals surface area contributed by atoms with E-state index < -0.39 is 33.7 Å². The van der Waals surface area contributed by atoms with E-state index in [1.54, 1.807) is 0 Å². The van der Waals surface area contributed by atoms with E-state index in [2.05, 4.69) is 15.9 Å². The summed E-state index contributed by atoms with van der Waals surface area (Å²) in [6, 6.07) is 9.99. The Hall–Kier alpha value is -2.46. The van der Waals surface area contributed by atoms with Crippen molar-refractivity contribution in [2.45, 2.75) is 5.92 Å². The lowest BCUT2D eigenvalue weighted by molar-refractivity contribution is -0.127. The second-order valence-electron chi connectivity index (χ2n) is 5.75. The van der Waals surface area contributed by atoms with Gasteiger partial charge in [0, 0.05) is 7.05 Å². The highest BCUT2D eigenvalue weighted by molar-refractivity contribution is 9.10. The highest BCUT2D eigenvalue weighted by Crippen LogP contribution is 2.31. The summed E-state index contributed by atoms with van der Waals surface area (Å²) in [6.07, 6.45) is 0.922. The Morgan fingerprint density at radius 2 is 1.78 bits per heavy atom. The van der Waals surface area contributed by atoms with Crippen LogP contribution in [0.1, 0.15) is 17.0 Å². The first-order valence-corrected chi connectivity index (χ1v) is 10.2. The van der Waals surface area contributed by atoms with Gasteiger partial charge in [-0.3, -0.25) is 15.1 Å². The van der Waals surface area contributed by atoms with Gasteiger partial charge < -0.3 is 9.92 Å². The van der Waals surface area contributed by atoms with Crippen LogP contribution < -0.4 is 9.92 Å². The van der Waals surface area contributed by atoms with Crippen molar-refractivity contribution >= 4 is 37.9 Å². The predicted molar refractivity (Wildman–Crippen MR) is 103 cm³/mol. The van der Waals surface area contributed by atoms with Gasteiger partial charge in [0.25, 0.3) is 0 Å². The molecule has 144 valence electrons. The number of nitrogens with two attached hydrogens (primary N) is 1. The average Bonchev–Trinajstić information content (AvgIpc) is 2.57. The summed E-state index contributed by atoms with van der Waals surface area (Å²) in [5, 5.41) is 7.48. The molecule has 0 bridgehead atoms. The first-order chi connectivity index (χ1) is 12.5. The third kappa shape index (κ3) is 5.27. The van der Waals surface area contributed by atoms with Gasteiger partial charge in [-0.15, -0.1) is 0 Å². The smallest absolute Gasteiger partial charge is 0.306 e. The minimum atomic E-state index is -3.68. The van der Waals surface area contributed by atoms with Gasteiger partial charge in [0.05, 0.1) is 16.6 Å². The molecular weight excluding hydrogens is 441 g/mol. The van der Waals surface area contributed by atoms with Crippen molar-refractivity contribution < 1.29 is 21.8 Å². The lowest BCUT2D eigenvalue weighted by Crippen LogP contribution is -2.41. The molecule has 2 aromatic rings. The topological polar surface area (TPSA) is 114 Å². The van der Waals surface area contributed by atoms with Gasteiger partial charge in [0.2, 0.25) is 5.91 Å². The number of halogens is 2. The normalized spacial score (nSPS) is 12.3. The lowest BCUT2D eigenvalue weighted by atomic mass is 9.90. The van der Waals surface area contributed by atoms with Crippen LogP contribution in [-0.4, -0.2) is 38.5 Å². The molecule has 1 unspecified atom stereocenters. The Labute approximate surface area is 164 Å². The molecule has 0 aliphatic carbocycles. The van der Waals surface area contributed by atoms with Crippen LogP contribution in [0.5, 0.6) is 5.75 Å². The molecule has 0 aliphatic heterocycles. The van der Waals surface area contributed by atoms with E-state index in [9.17, 15) is 17.6 Å². The van der Waals surface area contributed by atoms with Crippen molar-refractivity contribution in [1.82, 2.24) is 4.90 Å². The first kappa shape index (κ1) is 20.8. The SMILES string of the molecule is CN(C(=N)N)C(=O)C(c1ccc(OS(C)(=O)=O)cc1)c1ccc(F)c(Br)c1. The van der Waals surface area contributed by atoms with Gasteiger partial charge in [-0.05, 0) is 51.3 Å². The van der Waals surface area contributed by atoms with Crippen LogP contribution in [0.3, 0.4) is 0 Å². The number of rotatable bonds is 5. The standard InChI is InChI=1S/C17H17BrFN3O4S/c1-22(17(20)21)16(23)15(11-5-8-14(19)13(18)9-11)10-3-6-12(7-4-10)26-27(2,24)25/h3-9,15H,1-2H3,(H3,20,21). The maximum Gasteiger partial charge on any atom is 0.306 e. The average molecular weight is 458 g/mol. The third-order valence-electron chi connectivity index (χ3n) is 3.68. The number of benzene rings is 2. The molecule has 2 aromatic carbocycles. The van der Waals surface area contributed by atoms with Crippen LogP contribution in [0, 0.1) is 11.2 Å². The Balaban J connectivity index is 2.50. The molecule has 0 spiro atoms. The van der Waals surface area contributed by atoms with Crippen molar-refractivity contribution in [3.05, 3.63) is 63.9 Å². The molecule has 7 nitrogen and oxygen atoms in total. The minimum Gasteiger partial charge on any atom is -0.383 e. The Morgan fingerprint density at radius 1 is 1.22 bits per heavy atom. The molecule has 1 amide bonds. The molecule has 3 N–H and O–H groups in total. The number of nitrogens with one attached hydrogen (secondary N) is 1. The zero-order valence-electron chi connectivity index (χ0n) is 14.4. The highest BCUT2D eigenvalue weighted by atomic mass is 79.9. The van der Waals surface area contributed by atoms with Crippen molar-refractivity contribution in [3.63, 3.8) is 0 Å². The summed E-state index contributed by atoms with van der Waals surface area (Å²) in [4.78, 5) is 13.8. The molecule has 1 atom stereocenters. The van der Waals surface area contributed by atoms with Gasteiger partial charge in [0.1, 0.15) is 11.6 Å². The third-order valence-corrected chi connectivity index (χ3v) is 4.78. The van der Waals surface area contributed by atoms with E-state index in [-0.39, 0.29) is 10.2 Å². The molecule has 0 saturated heterocycles. The molecule has 0 aliphatic rings. The summed E-state index contributed by atoms with van der Waals surface area (Å²) in [6.45, 7) is 0. The lowest BCUT2D eigenvalue weighted by Gasteiger charge is -2.23. The van der Waals surface area contributed by atoms with Crippen LogP contribution in [0.15, 0.2) is 46.9 Å². The fourth-order valence-corrected chi connectivity index (χ4v) is 3.23. The maximum atomic E-state index is 13.6. The van der Waals surface area contributed by atoms with E-state index in [1.807, 2.05) is 0 Å². The zero-order valence-corrected chi connectivity index (χ0v) is 16.8. The largest absolute Gasteiger partial charge is 0.383 e. The number of carbonyl (C=O) groups excluding carboxylic acids is 1. The van der Waals surface area contributed by atoms with Gasteiger partial charge in [0.15, 0.2) is 5.96 Å². The fourth-order valence-electron chi connectivity index (χ4n) is 2.37. The van der Waals surface area contributed by atoms with E-state index in [0.717, 1.165) is 11.2 Å². The summed E-state index contributed by atoms with van der Waals surface area (Å²) < 4.78 is 41.0. The molecule has 0 radical (unpaired) electrons. The Bertz CT molecular complexity index is 980. The molecule has 0 heterocycles. The molecule has 0 fully saturated rings. The number of amides is 1. The summed E-state index contributed by atoms with van der Waals surface area (Å²) in [5.41, 5.74) is 6.37. The summed E-state index contributed by atoms with van der Waals surface area (Å²) in [5.74, 6) is -2.22. The number of carbonyl (C=O) groups is 1. The number of guanidine groups is 1. The fraction of sp³-hybridized carbons (Fsp3) is 0.176. The van der Waals surface area contributed by atoms with Crippen LogP contribution in [0.25, 0.3) is 0 Å². The summed E-state index contributed by atoms with van der Waals surface area (Å²) in [7, 11) is -2.32. The van der Waals surface area contributed by atoms with Crippen molar-refractivity contribution in [1.29, 1.82) is 5.41 Å². The number of likely N-dealkylation sites (N-methyl/N-ethyl adjacent to an activating group) is 1. The van der Waals surface area contributed by atoms with Gasteiger partial charge in [-0.1, -0.05) is 18.2 Å².